The number of ether oxygens (including phenoxy) is 1. The fourth-order valence-electron chi connectivity index (χ4n) is 3.32. The van der Waals surface area contributed by atoms with E-state index in [4.69, 9.17) is 27.3 Å². The SMILES string of the molecule is COc1ccc(CNc2c(C(N)=O)cnc3ccc(CCCCC#N)cc23)cc1Cl. The summed E-state index contributed by atoms with van der Waals surface area (Å²) in [6.45, 7) is 0.454. The van der Waals surface area contributed by atoms with Crippen molar-refractivity contribution in [1.29, 1.82) is 5.26 Å². The third kappa shape index (κ3) is 5.00. The first-order valence-electron chi connectivity index (χ1n) is 9.68. The molecule has 3 rings (SSSR count). The van der Waals surface area contributed by atoms with Gasteiger partial charge in [0, 0.05) is 24.5 Å². The number of carbonyl (C=O) groups excluding carboxylic acids is 1. The van der Waals surface area contributed by atoms with Gasteiger partial charge < -0.3 is 15.8 Å². The van der Waals surface area contributed by atoms with Crippen LogP contribution < -0.4 is 15.8 Å². The largest absolute Gasteiger partial charge is 0.495 e. The van der Waals surface area contributed by atoms with E-state index in [-0.39, 0.29) is 0 Å². The Kier molecular flexibility index (Phi) is 7.10. The Balaban J connectivity index is 1.91. The number of carbonyl (C=O) groups is 1. The topological polar surface area (TPSA) is 101 Å². The van der Waals surface area contributed by atoms with Gasteiger partial charge >= 0.3 is 0 Å². The van der Waals surface area contributed by atoms with Crippen molar-refractivity contribution in [3.8, 4) is 11.8 Å². The monoisotopic (exact) mass is 422 g/mol. The standard InChI is InChI=1S/C23H23ClN4O2/c1-30-21-9-7-16(12-19(21)24)13-28-22-17-11-15(5-3-2-4-10-25)6-8-20(17)27-14-18(22)23(26)29/h6-9,11-12,14H,2-5,13H2,1H3,(H2,26,29)(H,27,28). The highest BCUT2D eigenvalue weighted by molar-refractivity contribution is 6.32. The van der Waals surface area contributed by atoms with Gasteiger partial charge in [0.25, 0.3) is 5.91 Å². The van der Waals surface area contributed by atoms with Crippen LogP contribution in [0, 0.1) is 11.3 Å². The molecule has 0 unspecified atom stereocenters. The minimum Gasteiger partial charge on any atom is -0.495 e. The number of methoxy groups -OCH3 is 1. The second-order valence-electron chi connectivity index (χ2n) is 6.95. The van der Waals surface area contributed by atoms with E-state index in [1.807, 2.05) is 30.3 Å². The van der Waals surface area contributed by atoms with E-state index in [2.05, 4.69) is 16.4 Å². The molecule has 6 nitrogen and oxygen atoms in total. The summed E-state index contributed by atoms with van der Waals surface area (Å²) in [5, 5.41) is 13.4. The number of unbranched alkanes of at least 4 members (excludes halogenated alkanes) is 2. The molecule has 3 aromatic rings. The van der Waals surface area contributed by atoms with Crippen LogP contribution in [0.25, 0.3) is 10.9 Å². The zero-order chi connectivity index (χ0) is 21.5. The van der Waals surface area contributed by atoms with Crippen molar-refractivity contribution in [3.05, 3.63) is 64.3 Å². The summed E-state index contributed by atoms with van der Waals surface area (Å²) in [6.07, 6.45) is 4.69. The number of nitrogens with two attached hydrogens (primary N) is 1. The number of fused-ring (bicyclic) bond motifs is 1. The summed E-state index contributed by atoms with van der Waals surface area (Å²) >= 11 is 6.22. The molecule has 30 heavy (non-hydrogen) atoms. The number of halogens is 1. The molecule has 2 aromatic carbocycles. The second kappa shape index (κ2) is 9.95. The van der Waals surface area contributed by atoms with Crippen molar-refractivity contribution in [2.75, 3.05) is 12.4 Å². The Morgan fingerprint density at radius 1 is 1.23 bits per heavy atom. The number of nitriles is 1. The van der Waals surface area contributed by atoms with Gasteiger partial charge in [-0.1, -0.05) is 23.7 Å². The molecule has 0 saturated carbocycles. The predicted octanol–water partition coefficient (Wildman–Crippen LogP) is 4.84. The fourth-order valence-corrected chi connectivity index (χ4v) is 3.60. The number of rotatable bonds is 9. The van der Waals surface area contributed by atoms with Crippen LogP contribution in [0.1, 0.15) is 40.7 Å². The van der Waals surface area contributed by atoms with Gasteiger partial charge in [0.15, 0.2) is 0 Å². The van der Waals surface area contributed by atoms with Gasteiger partial charge in [-0.05, 0) is 54.7 Å². The smallest absolute Gasteiger partial charge is 0.252 e. The van der Waals surface area contributed by atoms with Gasteiger partial charge in [0.1, 0.15) is 5.75 Å². The second-order valence-corrected chi connectivity index (χ2v) is 7.36. The summed E-state index contributed by atoms with van der Waals surface area (Å²) in [7, 11) is 1.57. The number of nitrogens with one attached hydrogen (secondary N) is 1. The number of primary amides is 1. The van der Waals surface area contributed by atoms with E-state index in [1.165, 1.54) is 6.20 Å². The van der Waals surface area contributed by atoms with Gasteiger partial charge in [-0.3, -0.25) is 9.78 Å². The number of benzene rings is 2. The van der Waals surface area contributed by atoms with E-state index in [0.29, 0.717) is 35.0 Å². The van der Waals surface area contributed by atoms with Gasteiger partial charge in [0.05, 0.1) is 35.0 Å². The molecule has 0 bridgehead atoms. The summed E-state index contributed by atoms with van der Waals surface area (Å²) in [5.74, 6) is 0.0627. The van der Waals surface area contributed by atoms with Gasteiger partial charge in [-0.25, -0.2) is 0 Å². The number of aromatic nitrogens is 1. The quantitative estimate of drug-likeness (QED) is 0.480. The number of pyridine rings is 1. The molecular formula is C23H23ClN4O2. The van der Waals surface area contributed by atoms with E-state index >= 15 is 0 Å². The first-order valence-corrected chi connectivity index (χ1v) is 10.1. The van der Waals surface area contributed by atoms with Crippen molar-refractivity contribution in [1.82, 2.24) is 4.98 Å². The Bertz CT molecular complexity index is 1110. The van der Waals surface area contributed by atoms with E-state index in [0.717, 1.165) is 41.3 Å². The lowest BCUT2D eigenvalue weighted by molar-refractivity contribution is 0.100. The van der Waals surface area contributed by atoms with Crippen LogP contribution in [-0.4, -0.2) is 18.0 Å². The minimum atomic E-state index is -0.543. The maximum absolute atomic E-state index is 12.0. The lowest BCUT2D eigenvalue weighted by Crippen LogP contribution is -2.15. The van der Waals surface area contributed by atoms with Crippen LogP contribution in [0.15, 0.2) is 42.6 Å². The third-order valence-corrected chi connectivity index (χ3v) is 5.18. The lowest BCUT2D eigenvalue weighted by atomic mass is 10.0. The predicted molar refractivity (Wildman–Crippen MR) is 119 cm³/mol. The number of nitrogens with zero attached hydrogens (tertiary/aromatic N) is 2. The molecule has 0 radical (unpaired) electrons. The third-order valence-electron chi connectivity index (χ3n) is 4.89. The molecule has 0 aliphatic heterocycles. The number of hydrogen-bond donors (Lipinski definition) is 2. The van der Waals surface area contributed by atoms with Gasteiger partial charge in [0.2, 0.25) is 0 Å². The molecule has 7 heteroatoms. The highest BCUT2D eigenvalue weighted by atomic mass is 35.5. The van der Waals surface area contributed by atoms with Crippen LogP contribution in [-0.2, 0) is 13.0 Å². The zero-order valence-corrected chi connectivity index (χ0v) is 17.5. The maximum Gasteiger partial charge on any atom is 0.252 e. The Morgan fingerprint density at radius 3 is 2.73 bits per heavy atom. The Hall–Kier alpha value is -3.30. The minimum absolute atomic E-state index is 0.337. The van der Waals surface area contributed by atoms with Crippen molar-refractivity contribution in [2.45, 2.75) is 32.2 Å². The average molecular weight is 423 g/mol. The number of hydrogen-bond acceptors (Lipinski definition) is 5. The van der Waals surface area contributed by atoms with Crippen molar-refractivity contribution in [2.24, 2.45) is 5.73 Å². The number of amides is 1. The molecule has 1 aromatic heterocycles. The molecule has 154 valence electrons. The number of anilines is 1. The highest BCUT2D eigenvalue weighted by Gasteiger charge is 2.14. The normalized spacial score (nSPS) is 10.6. The van der Waals surface area contributed by atoms with Gasteiger partial charge in [-0.15, -0.1) is 0 Å². The summed E-state index contributed by atoms with van der Waals surface area (Å²) < 4.78 is 5.19. The van der Waals surface area contributed by atoms with Crippen LogP contribution in [0.3, 0.4) is 0 Å². The molecule has 3 N–H and O–H groups in total. The fraction of sp³-hybridized carbons (Fsp3) is 0.261. The van der Waals surface area contributed by atoms with Crippen LogP contribution in [0.4, 0.5) is 5.69 Å². The summed E-state index contributed by atoms with van der Waals surface area (Å²) in [6, 6.07) is 13.7. The summed E-state index contributed by atoms with van der Waals surface area (Å²) in [4.78, 5) is 16.4. The molecule has 0 aliphatic carbocycles. The first kappa shape index (κ1) is 21.4. The van der Waals surface area contributed by atoms with Crippen molar-refractivity contribution < 1.29 is 9.53 Å². The molecule has 0 spiro atoms. The molecule has 0 fully saturated rings. The van der Waals surface area contributed by atoms with Crippen molar-refractivity contribution in [3.63, 3.8) is 0 Å². The average Bonchev–Trinajstić information content (AvgIpc) is 2.74. The van der Waals surface area contributed by atoms with E-state index in [9.17, 15) is 4.79 Å². The molecule has 0 saturated heterocycles. The van der Waals surface area contributed by atoms with Crippen LogP contribution in [0.2, 0.25) is 5.02 Å². The van der Waals surface area contributed by atoms with E-state index < -0.39 is 5.91 Å². The highest BCUT2D eigenvalue weighted by Crippen LogP contribution is 2.29. The lowest BCUT2D eigenvalue weighted by Gasteiger charge is -2.15. The first-order chi connectivity index (χ1) is 14.5. The summed E-state index contributed by atoms with van der Waals surface area (Å²) in [5.41, 5.74) is 9.43. The molecule has 1 amide bonds. The molecule has 1 heterocycles. The van der Waals surface area contributed by atoms with Crippen LogP contribution in [0.5, 0.6) is 5.75 Å². The Labute approximate surface area is 180 Å². The zero-order valence-electron chi connectivity index (χ0n) is 16.7. The molecular weight excluding hydrogens is 400 g/mol. The molecule has 0 aliphatic rings. The molecule has 0 atom stereocenters. The van der Waals surface area contributed by atoms with Crippen LogP contribution >= 0.6 is 11.6 Å². The maximum atomic E-state index is 12.0. The Morgan fingerprint density at radius 2 is 2.03 bits per heavy atom. The van der Waals surface area contributed by atoms with E-state index in [1.54, 1.807) is 13.2 Å². The van der Waals surface area contributed by atoms with Crippen molar-refractivity contribution >= 4 is 34.1 Å². The number of aryl methyl sites for hydroxylation is 1. The van der Waals surface area contributed by atoms with Gasteiger partial charge in [-0.2, -0.15) is 5.26 Å².